The number of hydrogen-bond donors (Lipinski definition) is 0. The van der Waals surface area contributed by atoms with Crippen molar-refractivity contribution in [2.45, 2.75) is 6.92 Å². The summed E-state index contributed by atoms with van der Waals surface area (Å²) < 4.78 is 1.50. The van der Waals surface area contributed by atoms with Crippen LogP contribution < -0.4 is 0 Å². The first-order valence-electron chi connectivity index (χ1n) is 6.16. The standard InChI is InChI=1S/C15H12ClN3O/c1-9-7-11(10-5-3-4-6-13(10)18-9)15(20)14-12(16)8-17-19(14)2/h3-8H,1-2H3. The van der Waals surface area contributed by atoms with Crippen LogP contribution in [0.15, 0.2) is 36.5 Å². The lowest BCUT2D eigenvalue weighted by Gasteiger charge is -2.07. The van der Waals surface area contributed by atoms with Crippen LogP contribution in [0.25, 0.3) is 10.9 Å². The van der Waals surface area contributed by atoms with Crippen LogP contribution in [-0.4, -0.2) is 20.5 Å². The third-order valence-electron chi connectivity index (χ3n) is 3.20. The van der Waals surface area contributed by atoms with Gasteiger partial charge in [0.1, 0.15) is 5.69 Å². The van der Waals surface area contributed by atoms with Gasteiger partial charge in [-0.2, -0.15) is 5.10 Å². The van der Waals surface area contributed by atoms with Gasteiger partial charge in [0.25, 0.3) is 0 Å². The number of aromatic nitrogens is 3. The molecule has 2 aromatic heterocycles. The maximum absolute atomic E-state index is 12.7. The summed E-state index contributed by atoms with van der Waals surface area (Å²) in [6.07, 6.45) is 1.48. The number of ketones is 1. The lowest BCUT2D eigenvalue weighted by atomic mass is 10.0. The van der Waals surface area contributed by atoms with Crippen molar-refractivity contribution < 1.29 is 4.79 Å². The Morgan fingerprint density at radius 1 is 1.30 bits per heavy atom. The molecule has 0 aliphatic carbocycles. The van der Waals surface area contributed by atoms with Crippen LogP contribution in [0.2, 0.25) is 5.02 Å². The highest BCUT2D eigenvalue weighted by Gasteiger charge is 2.20. The number of rotatable bonds is 2. The molecule has 0 amide bonds. The minimum atomic E-state index is -0.142. The third-order valence-corrected chi connectivity index (χ3v) is 3.47. The number of nitrogens with zero attached hydrogens (tertiary/aromatic N) is 3. The van der Waals surface area contributed by atoms with E-state index in [-0.39, 0.29) is 5.78 Å². The van der Waals surface area contributed by atoms with Crippen molar-refractivity contribution in [3.05, 3.63) is 58.5 Å². The normalized spacial score (nSPS) is 10.9. The van der Waals surface area contributed by atoms with E-state index in [9.17, 15) is 4.79 Å². The summed E-state index contributed by atoms with van der Waals surface area (Å²) in [7, 11) is 1.70. The molecular weight excluding hydrogens is 274 g/mol. The van der Waals surface area contributed by atoms with Crippen LogP contribution in [-0.2, 0) is 7.05 Å². The fraction of sp³-hybridized carbons (Fsp3) is 0.133. The number of carbonyl (C=O) groups excluding carboxylic acids is 1. The molecule has 3 rings (SSSR count). The van der Waals surface area contributed by atoms with Gasteiger partial charge in [0.05, 0.1) is 16.7 Å². The highest BCUT2D eigenvalue weighted by Crippen LogP contribution is 2.24. The molecule has 0 fully saturated rings. The number of hydrogen-bond acceptors (Lipinski definition) is 3. The van der Waals surface area contributed by atoms with E-state index in [4.69, 9.17) is 11.6 Å². The van der Waals surface area contributed by atoms with Crippen LogP contribution in [0.5, 0.6) is 0 Å². The first kappa shape index (κ1) is 12.8. The van der Waals surface area contributed by atoms with Crippen molar-refractivity contribution in [3.8, 4) is 0 Å². The summed E-state index contributed by atoms with van der Waals surface area (Å²) in [6, 6.07) is 9.36. The van der Waals surface area contributed by atoms with E-state index in [0.29, 0.717) is 16.3 Å². The zero-order chi connectivity index (χ0) is 14.3. The largest absolute Gasteiger partial charge is 0.287 e. The van der Waals surface area contributed by atoms with E-state index < -0.39 is 0 Å². The summed E-state index contributed by atoms with van der Waals surface area (Å²) in [5.74, 6) is -0.142. The van der Waals surface area contributed by atoms with E-state index in [1.807, 2.05) is 31.2 Å². The SMILES string of the molecule is Cc1cc(C(=O)c2c(Cl)cnn2C)c2ccccc2n1. The number of fused-ring (bicyclic) bond motifs is 1. The summed E-state index contributed by atoms with van der Waals surface area (Å²) in [4.78, 5) is 17.2. The molecule has 0 radical (unpaired) electrons. The van der Waals surface area contributed by atoms with E-state index >= 15 is 0 Å². The smallest absolute Gasteiger partial charge is 0.213 e. The first-order valence-corrected chi connectivity index (χ1v) is 6.54. The van der Waals surface area contributed by atoms with Crippen molar-refractivity contribution in [1.82, 2.24) is 14.8 Å². The van der Waals surface area contributed by atoms with Gasteiger partial charge in [-0.25, -0.2) is 0 Å². The molecule has 4 nitrogen and oxygen atoms in total. The van der Waals surface area contributed by atoms with Crippen LogP contribution >= 0.6 is 11.6 Å². The zero-order valence-corrected chi connectivity index (χ0v) is 11.8. The summed E-state index contributed by atoms with van der Waals surface area (Å²) in [5, 5.41) is 5.19. The number of carbonyl (C=O) groups is 1. The lowest BCUT2D eigenvalue weighted by Crippen LogP contribution is -2.10. The number of halogens is 1. The van der Waals surface area contributed by atoms with Gasteiger partial charge in [-0.1, -0.05) is 29.8 Å². The van der Waals surface area contributed by atoms with Crippen molar-refractivity contribution in [2.75, 3.05) is 0 Å². The van der Waals surface area contributed by atoms with Gasteiger partial charge in [0.15, 0.2) is 0 Å². The van der Waals surface area contributed by atoms with Crippen LogP contribution in [0.4, 0.5) is 0 Å². The predicted octanol–water partition coefficient (Wildman–Crippen LogP) is 3.16. The molecule has 0 aliphatic heterocycles. The molecule has 0 unspecified atom stereocenters. The molecule has 0 bridgehead atoms. The molecule has 0 saturated carbocycles. The summed E-state index contributed by atoms with van der Waals surface area (Å²) >= 11 is 6.06. The maximum atomic E-state index is 12.7. The minimum Gasteiger partial charge on any atom is -0.287 e. The maximum Gasteiger partial charge on any atom is 0.213 e. The van der Waals surface area contributed by atoms with Gasteiger partial charge in [0.2, 0.25) is 5.78 Å². The van der Waals surface area contributed by atoms with Gasteiger partial charge >= 0.3 is 0 Å². The molecule has 0 N–H and O–H groups in total. The number of pyridine rings is 1. The fourth-order valence-electron chi connectivity index (χ4n) is 2.29. The Morgan fingerprint density at radius 3 is 2.75 bits per heavy atom. The average Bonchev–Trinajstić information content (AvgIpc) is 2.76. The molecule has 20 heavy (non-hydrogen) atoms. The van der Waals surface area contributed by atoms with Gasteiger partial charge in [-0.15, -0.1) is 0 Å². The molecule has 5 heteroatoms. The molecule has 0 atom stereocenters. The second kappa shape index (κ2) is 4.72. The number of aryl methyl sites for hydroxylation is 2. The van der Waals surface area contributed by atoms with Crippen molar-refractivity contribution in [2.24, 2.45) is 7.05 Å². The molecule has 0 spiro atoms. The second-order valence-electron chi connectivity index (χ2n) is 4.62. The second-order valence-corrected chi connectivity index (χ2v) is 5.03. The Hall–Kier alpha value is -2.20. The number of para-hydroxylation sites is 1. The van der Waals surface area contributed by atoms with E-state index in [1.165, 1.54) is 10.9 Å². The van der Waals surface area contributed by atoms with Gasteiger partial charge in [-0.3, -0.25) is 14.5 Å². The Labute approximate surface area is 121 Å². The molecule has 0 aliphatic rings. The van der Waals surface area contributed by atoms with Gasteiger partial charge in [-0.05, 0) is 19.1 Å². The van der Waals surface area contributed by atoms with Crippen molar-refractivity contribution >= 4 is 28.3 Å². The predicted molar refractivity (Wildman–Crippen MR) is 78.1 cm³/mol. The third kappa shape index (κ3) is 1.98. The molecule has 1 aromatic carbocycles. The average molecular weight is 286 g/mol. The van der Waals surface area contributed by atoms with Gasteiger partial charge in [0, 0.05) is 23.7 Å². The molecular formula is C15H12ClN3O. The molecule has 2 heterocycles. The van der Waals surface area contributed by atoms with E-state index in [1.54, 1.807) is 13.1 Å². The Kier molecular flexibility index (Phi) is 3.03. The first-order chi connectivity index (χ1) is 9.58. The quantitative estimate of drug-likeness (QED) is 0.680. The van der Waals surface area contributed by atoms with Crippen LogP contribution in [0.1, 0.15) is 21.7 Å². The number of benzene rings is 1. The molecule has 100 valence electrons. The zero-order valence-electron chi connectivity index (χ0n) is 11.1. The van der Waals surface area contributed by atoms with Crippen molar-refractivity contribution in [1.29, 1.82) is 0 Å². The fourth-order valence-corrected chi connectivity index (χ4v) is 2.54. The summed E-state index contributed by atoms with van der Waals surface area (Å²) in [6.45, 7) is 1.87. The molecule has 0 saturated heterocycles. The highest BCUT2D eigenvalue weighted by atomic mass is 35.5. The summed E-state index contributed by atoms with van der Waals surface area (Å²) in [5.41, 5.74) is 2.58. The van der Waals surface area contributed by atoms with Crippen LogP contribution in [0.3, 0.4) is 0 Å². The Bertz CT molecular complexity index is 804. The topological polar surface area (TPSA) is 47.8 Å². The van der Waals surface area contributed by atoms with E-state index in [0.717, 1.165) is 16.6 Å². The van der Waals surface area contributed by atoms with Crippen LogP contribution in [0, 0.1) is 6.92 Å². The molecule has 3 aromatic rings. The van der Waals surface area contributed by atoms with E-state index in [2.05, 4.69) is 10.1 Å². The minimum absolute atomic E-state index is 0.142. The Morgan fingerprint density at radius 2 is 2.05 bits per heavy atom. The monoisotopic (exact) mass is 285 g/mol. The van der Waals surface area contributed by atoms with Gasteiger partial charge < -0.3 is 0 Å². The van der Waals surface area contributed by atoms with Crippen molar-refractivity contribution in [3.63, 3.8) is 0 Å². The highest BCUT2D eigenvalue weighted by molar-refractivity contribution is 6.35. The lowest BCUT2D eigenvalue weighted by molar-refractivity contribution is 0.103. The Balaban J connectivity index is 2.27.